The van der Waals surface area contributed by atoms with Crippen LogP contribution in [0, 0.1) is 0 Å². The van der Waals surface area contributed by atoms with Crippen LogP contribution in [0.25, 0.3) is 0 Å². The molecule has 0 aromatic carbocycles. The highest BCUT2D eigenvalue weighted by atomic mass is 32.1. The molecule has 0 saturated carbocycles. The highest BCUT2D eigenvalue weighted by molar-refractivity contribution is 7.80. The van der Waals surface area contributed by atoms with Gasteiger partial charge in [0, 0.05) is 10.2 Å². The molecular formula is C8H14OSSi. The van der Waals surface area contributed by atoms with E-state index in [9.17, 15) is 0 Å². The van der Waals surface area contributed by atoms with E-state index in [-0.39, 0.29) is 5.05 Å². The van der Waals surface area contributed by atoms with Crippen molar-refractivity contribution in [1.82, 2.24) is 0 Å². The van der Waals surface area contributed by atoms with E-state index in [0.29, 0.717) is 0 Å². The molecule has 1 rings (SSSR count). The first-order chi connectivity index (χ1) is 5.22. The quantitative estimate of drug-likeness (QED) is 0.494. The lowest BCUT2D eigenvalue weighted by Crippen LogP contribution is -2.01. The second-order valence-corrected chi connectivity index (χ2v) is 4.72. The Morgan fingerprint density at radius 1 is 1.27 bits per heavy atom. The third kappa shape index (κ3) is 2.41. The van der Waals surface area contributed by atoms with Crippen molar-refractivity contribution in [2.24, 2.45) is 0 Å². The van der Waals surface area contributed by atoms with Crippen LogP contribution < -0.4 is 0 Å². The molecule has 62 valence electrons. The Kier molecular flexibility index (Phi) is 3.27. The lowest BCUT2D eigenvalue weighted by Gasteiger charge is -2.04. The molecule has 0 aromatic heterocycles. The van der Waals surface area contributed by atoms with Crippen molar-refractivity contribution in [3.63, 3.8) is 0 Å². The molecule has 0 bridgehead atoms. The van der Waals surface area contributed by atoms with E-state index in [4.69, 9.17) is 17.3 Å². The molecule has 1 aliphatic rings. The van der Waals surface area contributed by atoms with Gasteiger partial charge in [0.25, 0.3) is 0 Å². The fourth-order valence-electron chi connectivity index (χ4n) is 1.52. The zero-order valence-electron chi connectivity index (χ0n) is 6.89. The van der Waals surface area contributed by atoms with Crippen LogP contribution in [0.3, 0.4) is 0 Å². The molecule has 0 atom stereocenters. The molecule has 1 nitrogen and oxygen atoms in total. The zero-order chi connectivity index (χ0) is 8.27. The van der Waals surface area contributed by atoms with E-state index < -0.39 is 0 Å². The van der Waals surface area contributed by atoms with Crippen LogP contribution in [0.1, 0.15) is 32.1 Å². The molecule has 11 heavy (non-hydrogen) atoms. The number of hydrogen-bond donors (Lipinski definition) is 1. The Balaban J connectivity index is 2.76. The van der Waals surface area contributed by atoms with Gasteiger partial charge in [0.2, 0.25) is 0 Å². The molecule has 3 heteroatoms. The first-order valence-corrected chi connectivity index (χ1v) is 5.54. The minimum atomic E-state index is 0.150. The van der Waals surface area contributed by atoms with Gasteiger partial charge >= 0.3 is 0 Å². The van der Waals surface area contributed by atoms with Gasteiger partial charge in [0.05, 0.1) is 0 Å². The van der Waals surface area contributed by atoms with Crippen molar-refractivity contribution in [3.05, 3.63) is 10.8 Å². The molecule has 0 spiro atoms. The zero-order valence-corrected chi connectivity index (χ0v) is 9.71. The van der Waals surface area contributed by atoms with Crippen LogP contribution in [0.2, 0.25) is 0 Å². The molecule has 0 unspecified atom stereocenters. The summed E-state index contributed by atoms with van der Waals surface area (Å²) < 4.78 is 0. The molecule has 0 amide bonds. The smallest absolute Gasteiger partial charge is 0.183 e. The Labute approximate surface area is 75.9 Å². The summed E-state index contributed by atoms with van der Waals surface area (Å²) in [4.78, 5) is 0. The first kappa shape index (κ1) is 8.94. The number of aliphatic hydroxyl groups is 1. The lowest BCUT2D eigenvalue weighted by atomic mass is 10.1. The second-order valence-electron chi connectivity index (χ2n) is 3.12. The van der Waals surface area contributed by atoms with Gasteiger partial charge in [-0.2, -0.15) is 0 Å². The lowest BCUT2D eigenvalue weighted by molar-refractivity contribution is 0.564. The summed E-state index contributed by atoms with van der Waals surface area (Å²) >= 11 is 4.77. The van der Waals surface area contributed by atoms with Gasteiger partial charge in [-0.3, -0.25) is 0 Å². The van der Waals surface area contributed by atoms with Crippen LogP contribution >= 0.6 is 12.2 Å². The van der Waals surface area contributed by atoms with Crippen molar-refractivity contribution in [2.45, 2.75) is 32.1 Å². The summed E-state index contributed by atoms with van der Waals surface area (Å²) in [7, 11) is 1.06. The Morgan fingerprint density at radius 2 is 1.91 bits per heavy atom. The summed E-state index contributed by atoms with van der Waals surface area (Å²) in [6, 6.07) is 0. The van der Waals surface area contributed by atoms with Crippen LogP contribution in [0.15, 0.2) is 10.8 Å². The van der Waals surface area contributed by atoms with Gasteiger partial charge in [-0.25, -0.2) is 0 Å². The number of rotatable bonds is 1. The normalized spacial score (nSPS) is 20.0. The van der Waals surface area contributed by atoms with Crippen molar-refractivity contribution < 1.29 is 5.11 Å². The predicted molar refractivity (Wildman–Crippen MR) is 55.3 cm³/mol. The summed E-state index contributed by atoms with van der Waals surface area (Å²) in [6.45, 7) is 0. The van der Waals surface area contributed by atoms with Gasteiger partial charge in [0.1, 0.15) is 0 Å². The fraction of sp³-hybridized carbons (Fsp3) is 0.625. The topological polar surface area (TPSA) is 20.2 Å². The molecule has 0 heterocycles. The van der Waals surface area contributed by atoms with Gasteiger partial charge in [-0.15, -0.1) is 0 Å². The van der Waals surface area contributed by atoms with Crippen molar-refractivity contribution in [3.8, 4) is 0 Å². The summed E-state index contributed by atoms with van der Waals surface area (Å²) in [6.07, 6.45) is 5.95. The van der Waals surface area contributed by atoms with E-state index in [0.717, 1.165) is 22.2 Å². The van der Waals surface area contributed by atoms with Crippen molar-refractivity contribution in [2.75, 3.05) is 0 Å². The number of aliphatic hydroxyl groups excluding tert-OH is 1. The van der Waals surface area contributed by atoms with Crippen molar-refractivity contribution in [1.29, 1.82) is 0 Å². The Bertz CT molecular complexity index is 198. The molecular weight excluding hydrogens is 172 g/mol. The van der Waals surface area contributed by atoms with Gasteiger partial charge in [0.15, 0.2) is 5.05 Å². The molecule has 1 N–H and O–H groups in total. The maximum Gasteiger partial charge on any atom is 0.183 e. The van der Waals surface area contributed by atoms with Crippen molar-refractivity contribution >= 4 is 27.5 Å². The van der Waals surface area contributed by atoms with Gasteiger partial charge < -0.3 is 5.11 Å². The summed E-state index contributed by atoms with van der Waals surface area (Å²) in [5.41, 5.74) is 1.09. The highest BCUT2D eigenvalue weighted by Crippen LogP contribution is 2.22. The predicted octanol–water partition coefficient (Wildman–Crippen LogP) is 1.46. The SMILES string of the molecule is OC(=S)C1=C([SiH3])CCCCC1. The molecule has 0 aliphatic heterocycles. The van der Waals surface area contributed by atoms with E-state index in [1.165, 1.54) is 30.9 Å². The van der Waals surface area contributed by atoms with Crippen LogP contribution in [0.5, 0.6) is 0 Å². The van der Waals surface area contributed by atoms with Crippen LogP contribution in [-0.4, -0.2) is 20.4 Å². The molecule has 0 radical (unpaired) electrons. The third-order valence-corrected chi connectivity index (χ3v) is 3.60. The van der Waals surface area contributed by atoms with Gasteiger partial charge in [-0.1, -0.05) is 11.6 Å². The number of hydrogen-bond acceptors (Lipinski definition) is 1. The number of thiocarbonyl (C=S) groups is 1. The fourth-order valence-corrected chi connectivity index (χ4v) is 2.82. The van der Waals surface area contributed by atoms with E-state index in [1.807, 2.05) is 0 Å². The van der Waals surface area contributed by atoms with Crippen LogP contribution in [0.4, 0.5) is 0 Å². The second kappa shape index (κ2) is 4.02. The molecule has 0 aromatic rings. The van der Waals surface area contributed by atoms with E-state index >= 15 is 0 Å². The summed E-state index contributed by atoms with van der Waals surface area (Å²) in [5.74, 6) is 0. The van der Waals surface area contributed by atoms with Gasteiger partial charge in [-0.05, 0) is 43.5 Å². The third-order valence-electron chi connectivity index (χ3n) is 2.25. The molecule has 1 aliphatic carbocycles. The minimum Gasteiger partial charge on any atom is -0.499 e. The standard InChI is InChI=1S/C8H14OSSi/c9-8(10)6-4-2-1-3-5-7(6)11/h1-5H2,11H3,(H,9,10). The number of allylic oxidation sites excluding steroid dienone is 1. The molecule has 0 fully saturated rings. The maximum atomic E-state index is 9.17. The maximum absolute atomic E-state index is 9.17. The van der Waals surface area contributed by atoms with E-state index in [2.05, 4.69) is 0 Å². The Hall–Kier alpha value is -0.153. The average molecular weight is 186 g/mol. The monoisotopic (exact) mass is 186 g/mol. The summed E-state index contributed by atoms with van der Waals surface area (Å²) in [5, 5.41) is 10.7. The van der Waals surface area contributed by atoms with Crippen LogP contribution in [-0.2, 0) is 0 Å². The largest absolute Gasteiger partial charge is 0.499 e. The average Bonchev–Trinajstić information content (AvgIpc) is 2.13. The Morgan fingerprint density at radius 3 is 2.55 bits per heavy atom. The highest BCUT2D eigenvalue weighted by Gasteiger charge is 2.10. The molecule has 0 saturated heterocycles. The minimum absolute atomic E-state index is 0.150. The first-order valence-electron chi connectivity index (χ1n) is 4.13. The van der Waals surface area contributed by atoms with E-state index in [1.54, 1.807) is 0 Å².